The maximum atomic E-state index is 11.3. The van der Waals surface area contributed by atoms with Gasteiger partial charge in [0, 0.05) is 25.0 Å². The number of nitrogens with two attached hydrogens (primary N) is 1. The number of hydrogen-bond donors (Lipinski definition) is 2. The Bertz CT molecular complexity index is 229. The monoisotopic (exact) mass is 186 g/mol. The first-order valence-corrected chi connectivity index (χ1v) is 4.27. The summed E-state index contributed by atoms with van der Waals surface area (Å²) < 4.78 is 0. The summed E-state index contributed by atoms with van der Waals surface area (Å²) >= 11 is 0. The largest absolute Gasteiger partial charge is 0.481 e. The van der Waals surface area contributed by atoms with Gasteiger partial charge in [-0.05, 0) is 6.92 Å². The van der Waals surface area contributed by atoms with Gasteiger partial charge in [-0.3, -0.25) is 9.59 Å². The van der Waals surface area contributed by atoms with Crippen LogP contribution in [0.3, 0.4) is 0 Å². The molecular formula is C8H14N2O3. The molecule has 0 bridgehead atoms. The van der Waals surface area contributed by atoms with E-state index in [-0.39, 0.29) is 24.4 Å². The van der Waals surface area contributed by atoms with Gasteiger partial charge in [0.15, 0.2) is 0 Å². The van der Waals surface area contributed by atoms with Gasteiger partial charge >= 0.3 is 5.97 Å². The summed E-state index contributed by atoms with van der Waals surface area (Å²) in [6, 6.07) is -0.387. The average molecular weight is 186 g/mol. The number of carbonyl (C=O) groups is 2. The summed E-state index contributed by atoms with van der Waals surface area (Å²) in [5.41, 5.74) is 5.57. The third-order valence-electron chi connectivity index (χ3n) is 2.19. The molecule has 1 saturated heterocycles. The lowest BCUT2D eigenvalue weighted by Gasteiger charge is -2.22. The van der Waals surface area contributed by atoms with Gasteiger partial charge in [-0.25, -0.2) is 0 Å². The number of carboxylic acids is 1. The number of likely N-dealkylation sites (tertiary alicyclic amines) is 1. The highest BCUT2D eigenvalue weighted by Gasteiger charge is 2.31. The fourth-order valence-electron chi connectivity index (χ4n) is 1.55. The molecule has 5 nitrogen and oxygen atoms in total. The van der Waals surface area contributed by atoms with Gasteiger partial charge in [-0.1, -0.05) is 0 Å². The van der Waals surface area contributed by atoms with E-state index in [1.807, 2.05) is 0 Å². The third-order valence-corrected chi connectivity index (χ3v) is 2.19. The van der Waals surface area contributed by atoms with Gasteiger partial charge in [-0.2, -0.15) is 0 Å². The van der Waals surface area contributed by atoms with Crippen LogP contribution in [-0.2, 0) is 9.59 Å². The molecule has 0 aromatic heterocycles. The number of amides is 1. The van der Waals surface area contributed by atoms with Crippen LogP contribution in [0.4, 0.5) is 0 Å². The van der Waals surface area contributed by atoms with Crippen molar-refractivity contribution in [3.8, 4) is 0 Å². The third kappa shape index (κ3) is 2.42. The number of aliphatic carboxylic acids is 1. The Morgan fingerprint density at radius 2 is 2.46 bits per heavy atom. The van der Waals surface area contributed by atoms with E-state index in [9.17, 15) is 9.59 Å². The lowest BCUT2D eigenvalue weighted by Crippen LogP contribution is -2.37. The van der Waals surface area contributed by atoms with Gasteiger partial charge < -0.3 is 15.7 Å². The highest BCUT2D eigenvalue weighted by atomic mass is 16.4. The molecular weight excluding hydrogens is 172 g/mol. The molecule has 3 N–H and O–H groups in total. The van der Waals surface area contributed by atoms with Crippen molar-refractivity contribution in [2.45, 2.75) is 31.8 Å². The molecule has 2 atom stereocenters. The second-order valence-electron chi connectivity index (χ2n) is 3.46. The molecule has 1 rings (SSSR count). The second kappa shape index (κ2) is 3.74. The fraction of sp³-hybridized carbons (Fsp3) is 0.750. The number of rotatable bonds is 3. The molecule has 0 saturated carbocycles. The molecule has 0 aromatic rings. The number of carbonyl (C=O) groups excluding carboxylic acids is 1. The van der Waals surface area contributed by atoms with E-state index in [1.54, 1.807) is 11.8 Å². The maximum absolute atomic E-state index is 11.3. The summed E-state index contributed by atoms with van der Waals surface area (Å²) in [6.45, 7) is 2.21. The van der Waals surface area contributed by atoms with Gasteiger partial charge in [0.1, 0.15) is 0 Å². The van der Waals surface area contributed by atoms with E-state index in [4.69, 9.17) is 10.8 Å². The highest BCUT2D eigenvalue weighted by Crippen LogP contribution is 2.14. The molecule has 0 radical (unpaired) electrons. The Morgan fingerprint density at radius 3 is 2.85 bits per heavy atom. The summed E-state index contributed by atoms with van der Waals surface area (Å²) in [4.78, 5) is 23.2. The molecule has 2 unspecified atom stereocenters. The van der Waals surface area contributed by atoms with E-state index in [0.717, 1.165) is 0 Å². The van der Waals surface area contributed by atoms with Crippen molar-refractivity contribution in [2.75, 3.05) is 6.54 Å². The molecule has 13 heavy (non-hydrogen) atoms. The number of carboxylic acid groups (broad SMARTS) is 1. The van der Waals surface area contributed by atoms with Crippen LogP contribution < -0.4 is 5.73 Å². The van der Waals surface area contributed by atoms with Crippen molar-refractivity contribution >= 4 is 11.9 Å². The van der Waals surface area contributed by atoms with Crippen molar-refractivity contribution in [3.05, 3.63) is 0 Å². The number of nitrogens with zero attached hydrogens (tertiary/aromatic N) is 1. The first kappa shape index (κ1) is 9.98. The van der Waals surface area contributed by atoms with E-state index >= 15 is 0 Å². The van der Waals surface area contributed by atoms with Crippen molar-refractivity contribution in [1.29, 1.82) is 0 Å². The van der Waals surface area contributed by atoms with Crippen molar-refractivity contribution in [3.63, 3.8) is 0 Å². The van der Waals surface area contributed by atoms with Crippen LogP contribution in [0, 0.1) is 0 Å². The average Bonchev–Trinajstić information content (AvgIpc) is 2.28. The lowest BCUT2D eigenvalue weighted by molar-refractivity contribution is -0.139. The summed E-state index contributed by atoms with van der Waals surface area (Å²) in [6.07, 6.45) is 0.322. The minimum absolute atomic E-state index is 0.0154. The molecule has 1 aliphatic heterocycles. The van der Waals surface area contributed by atoms with Crippen LogP contribution in [0.2, 0.25) is 0 Å². The highest BCUT2D eigenvalue weighted by molar-refractivity contribution is 5.80. The minimum atomic E-state index is -0.888. The molecule has 0 aliphatic carbocycles. The molecule has 1 aliphatic rings. The van der Waals surface area contributed by atoms with Crippen LogP contribution in [-0.4, -0.2) is 40.5 Å². The van der Waals surface area contributed by atoms with Gasteiger partial charge in [0.05, 0.1) is 6.42 Å². The first-order valence-electron chi connectivity index (χ1n) is 4.27. The fourth-order valence-corrected chi connectivity index (χ4v) is 1.55. The van der Waals surface area contributed by atoms with Crippen LogP contribution in [0.1, 0.15) is 19.8 Å². The van der Waals surface area contributed by atoms with E-state index in [2.05, 4.69) is 0 Å². The number of hydrogen-bond acceptors (Lipinski definition) is 3. The normalized spacial score (nSPS) is 24.9. The molecule has 5 heteroatoms. The van der Waals surface area contributed by atoms with E-state index in [0.29, 0.717) is 13.0 Å². The Morgan fingerprint density at radius 1 is 1.85 bits per heavy atom. The topological polar surface area (TPSA) is 83.6 Å². The van der Waals surface area contributed by atoms with Crippen molar-refractivity contribution in [2.24, 2.45) is 5.73 Å². The Kier molecular flexibility index (Phi) is 2.87. The Hall–Kier alpha value is -1.10. The molecule has 1 fully saturated rings. The lowest BCUT2D eigenvalue weighted by atomic mass is 10.2. The molecule has 1 amide bonds. The first-order chi connectivity index (χ1) is 6.00. The zero-order valence-electron chi connectivity index (χ0n) is 7.56. The van der Waals surface area contributed by atoms with Crippen molar-refractivity contribution < 1.29 is 14.7 Å². The molecule has 74 valence electrons. The Balaban J connectivity index is 2.51. The summed E-state index contributed by atoms with van der Waals surface area (Å²) in [7, 11) is 0. The van der Waals surface area contributed by atoms with Gasteiger partial charge in [-0.15, -0.1) is 0 Å². The predicted octanol–water partition coefficient (Wildman–Crippen LogP) is -0.591. The molecule has 1 heterocycles. The Labute approximate surface area is 76.5 Å². The second-order valence-corrected chi connectivity index (χ2v) is 3.46. The minimum Gasteiger partial charge on any atom is -0.481 e. The zero-order valence-corrected chi connectivity index (χ0v) is 7.56. The summed E-state index contributed by atoms with van der Waals surface area (Å²) in [5, 5.41) is 8.53. The van der Waals surface area contributed by atoms with Gasteiger partial charge in [0.25, 0.3) is 0 Å². The van der Waals surface area contributed by atoms with E-state index in [1.165, 1.54) is 0 Å². The van der Waals surface area contributed by atoms with E-state index < -0.39 is 5.97 Å². The predicted molar refractivity (Wildman–Crippen MR) is 46.0 cm³/mol. The quantitative estimate of drug-likeness (QED) is 0.617. The maximum Gasteiger partial charge on any atom is 0.305 e. The van der Waals surface area contributed by atoms with Crippen LogP contribution in [0.5, 0.6) is 0 Å². The van der Waals surface area contributed by atoms with Crippen LogP contribution in [0.15, 0.2) is 0 Å². The summed E-state index contributed by atoms with van der Waals surface area (Å²) in [5.74, 6) is -0.929. The van der Waals surface area contributed by atoms with Gasteiger partial charge in [0.2, 0.25) is 5.91 Å². The zero-order chi connectivity index (χ0) is 10.0. The smallest absolute Gasteiger partial charge is 0.305 e. The van der Waals surface area contributed by atoms with Crippen molar-refractivity contribution in [1.82, 2.24) is 4.90 Å². The van der Waals surface area contributed by atoms with Crippen LogP contribution in [0.25, 0.3) is 0 Å². The standard InChI is InChI=1S/C8H14N2O3/c1-5(2-8(12)13)10-4-6(9)3-7(10)11/h5-6H,2-4,9H2,1H3,(H,12,13). The van der Waals surface area contributed by atoms with Crippen LogP contribution >= 0.6 is 0 Å². The molecule has 0 aromatic carbocycles. The SMILES string of the molecule is CC(CC(=O)O)N1CC(N)CC1=O. The molecule has 0 spiro atoms.